The maximum absolute atomic E-state index is 11.3. The molecule has 0 aliphatic heterocycles. The number of hydrogen-bond acceptors (Lipinski definition) is 5. The molecule has 0 bridgehead atoms. The molecule has 0 unspecified atom stereocenters. The first kappa shape index (κ1) is 26.5. The summed E-state index contributed by atoms with van der Waals surface area (Å²) >= 11 is 0. The van der Waals surface area contributed by atoms with Gasteiger partial charge >= 0.3 is 0 Å². The van der Waals surface area contributed by atoms with E-state index in [0.29, 0.717) is 12.2 Å². The minimum absolute atomic E-state index is 0.642. The second-order valence-corrected chi connectivity index (χ2v) is 9.37. The zero-order chi connectivity index (χ0) is 25.9. The van der Waals surface area contributed by atoms with Crippen LogP contribution in [-0.2, 0) is 6.42 Å². The summed E-state index contributed by atoms with van der Waals surface area (Å²) in [6, 6.07) is 29.4. The van der Waals surface area contributed by atoms with Crippen LogP contribution in [0.5, 0.6) is 5.75 Å². The zero-order valence-electron chi connectivity index (χ0n) is 21.8. The van der Waals surface area contributed by atoms with Gasteiger partial charge in [-0.25, -0.2) is 4.98 Å². The predicted octanol–water partition coefficient (Wildman–Crippen LogP) is 6.07. The van der Waals surface area contributed by atoms with Gasteiger partial charge in [0.1, 0.15) is 5.75 Å². The summed E-state index contributed by atoms with van der Waals surface area (Å²) < 4.78 is 5.44. The lowest BCUT2D eigenvalue weighted by Gasteiger charge is -2.12. The van der Waals surface area contributed by atoms with E-state index >= 15 is 0 Å². The lowest BCUT2D eigenvalue weighted by molar-refractivity contribution is 0.112. The van der Waals surface area contributed by atoms with E-state index in [1.165, 1.54) is 24.8 Å². The first-order valence-corrected chi connectivity index (χ1v) is 13.2. The van der Waals surface area contributed by atoms with E-state index in [1.807, 2.05) is 61.5 Å². The molecule has 5 nitrogen and oxygen atoms in total. The van der Waals surface area contributed by atoms with Crippen molar-refractivity contribution in [1.82, 2.24) is 15.6 Å². The van der Waals surface area contributed by atoms with Crippen molar-refractivity contribution in [2.24, 2.45) is 0 Å². The Bertz CT molecular complexity index is 1260. The van der Waals surface area contributed by atoms with Crippen molar-refractivity contribution < 1.29 is 9.53 Å². The fourth-order valence-electron chi connectivity index (χ4n) is 4.83. The molecule has 5 heteroatoms. The zero-order valence-corrected chi connectivity index (χ0v) is 21.8. The molecular weight excluding hydrogens is 458 g/mol. The molecule has 0 spiro atoms. The molecule has 4 aromatic rings. The molecule has 0 radical (unpaired) electrons. The average molecular weight is 496 g/mol. The Balaban J connectivity index is 0.000000180. The number of hydrogen-bond donors (Lipinski definition) is 2. The first-order valence-electron chi connectivity index (χ1n) is 13.2. The number of para-hydroxylation sites is 1. The average Bonchev–Trinajstić information content (AvgIpc) is 3.42. The predicted molar refractivity (Wildman–Crippen MR) is 152 cm³/mol. The number of pyridine rings is 1. The van der Waals surface area contributed by atoms with Gasteiger partial charge in [0.2, 0.25) is 0 Å². The number of benzene rings is 3. The highest BCUT2D eigenvalue weighted by molar-refractivity contribution is 5.98. The van der Waals surface area contributed by atoms with Crippen LogP contribution in [0.4, 0.5) is 0 Å². The van der Waals surface area contributed by atoms with Gasteiger partial charge in [0.25, 0.3) is 0 Å². The molecule has 1 aliphatic rings. The van der Waals surface area contributed by atoms with Crippen LogP contribution in [0.3, 0.4) is 0 Å². The second kappa shape index (κ2) is 13.7. The summed E-state index contributed by atoms with van der Waals surface area (Å²) in [5.41, 5.74) is 4.67. The van der Waals surface area contributed by atoms with Crippen LogP contribution in [0.15, 0.2) is 84.9 Å². The number of rotatable bonds is 9. The number of ether oxygens (including phenoxy) is 1. The van der Waals surface area contributed by atoms with E-state index in [-0.39, 0.29) is 0 Å². The van der Waals surface area contributed by atoms with Crippen molar-refractivity contribution in [2.45, 2.75) is 44.7 Å². The summed E-state index contributed by atoms with van der Waals surface area (Å²) in [4.78, 5) is 15.9. The number of fused-ring (bicyclic) bond motifs is 1. The molecule has 1 heterocycles. The normalized spacial score (nSPS) is 16.7. The number of carbonyl (C=O) groups is 1. The van der Waals surface area contributed by atoms with Crippen molar-refractivity contribution in [3.05, 3.63) is 96.1 Å². The number of aromatic nitrogens is 1. The monoisotopic (exact) mass is 495 g/mol. The van der Waals surface area contributed by atoms with E-state index in [1.54, 1.807) is 0 Å². The SMILES string of the molecule is CCOc1ccc(-c2cc(C=O)c3ccccc3n2)cc1.CN[C@@H]1CC[C@H](NCCc2ccccc2)C1. The number of nitrogens with one attached hydrogen (secondary N) is 2. The van der Waals surface area contributed by atoms with Gasteiger partial charge in [0.15, 0.2) is 6.29 Å². The highest BCUT2D eigenvalue weighted by Gasteiger charge is 2.22. The number of aldehydes is 1. The van der Waals surface area contributed by atoms with Crippen molar-refractivity contribution in [3.63, 3.8) is 0 Å². The molecular formula is C32H37N3O2. The molecule has 2 N–H and O–H groups in total. The molecule has 3 aromatic carbocycles. The van der Waals surface area contributed by atoms with Gasteiger partial charge in [-0.15, -0.1) is 0 Å². The van der Waals surface area contributed by atoms with Gasteiger partial charge < -0.3 is 15.4 Å². The Morgan fingerprint density at radius 3 is 2.38 bits per heavy atom. The minimum atomic E-state index is 0.642. The smallest absolute Gasteiger partial charge is 0.150 e. The van der Waals surface area contributed by atoms with Crippen molar-refractivity contribution in [2.75, 3.05) is 20.2 Å². The summed E-state index contributed by atoms with van der Waals surface area (Å²) in [5.74, 6) is 0.831. The van der Waals surface area contributed by atoms with E-state index in [0.717, 1.165) is 59.2 Å². The number of nitrogens with zero attached hydrogens (tertiary/aromatic N) is 1. The summed E-state index contributed by atoms with van der Waals surface area (Å²) in [6.07, 6.45) is 5.94. The van der Waals surface area contributed by atoms with E-state index in [9.17, 15) is 4.79 Å². The van der Waals surface area contributed by atoms with Crippen molar-refractivity contribution in [1.29, 1.82) is 0 Å². The van der Waals surface area contributed by atoms with E-state index in [2.05, 4.69) is 53.0 Å². The Morgan fingerprint density at radius 2 is 1.68 bits per heavy atom. The van der Waals surface area contributed by atoms with Gasteiger partial charge in [-0.05, 0) is 88.2 Å². The van der Waals surface area contributed by atoms with Gasteiger partial charge in [-0.3, -0.25) is 4.79 Å². The molecule has 192 valence electrons. The van der Waals surface area contributed by atoms with E-state index in [4.69, 9.17) is 4.74 Å². The third kappa shape index (κ3) is 7.48. The Morgan fingerprint density at radius 1 is 0.946 bits per heavy atom. The fraction of sp³-hybridized carbons (Fsp3) is 0.312. The van der Waals surface area contributed by atoms with Crippen LogP contribution < -0.4 is 15.4 Å². The molecule has 0 amide bonds. The van der Waals surface area contributed by atoms with E-state index < -0.39 is 0 Å². The van der Waals surface area contributed by atoms with Crippen molar-refractivity contribution >= 4 is 17.2 Å². The van der Waals surface area contributed by atoms with Crippen LogP contribution in [0, 0.1) is 0 Å². The Labute approximate surface area is 220 Å². The highest BCUT2D eigenvalue weighted by Crippen LogP contribution is 2.25. The Kier molecular flexibility index (Phi) is 9.81. The lowest BCUT2D eigenvalue weighted by atomic mass is 10.0. The maximum Gasteiger partial charge on any atom is 0.150 e. The van der Waals surface area contributed by atoms with Gasteiger partial charge in [-0.1, -0.05) is 48.5 Å². The van der Waals surface area contributed by atoms with Gasteiger partial charge in [0, 0.05) is 28.6 Å². The molecule has 1 saturated carbocycles. The molecule has 2 atom stereocenters. The fourth-order valence-corrected chi connectivity index (χ4v) is 4.83. The highest BCUT2D eigenvalue weighted by atomic mass is 16.5. The standard InChI is InChI=1S/C18H15NO2.C14H22N2/c1-2-21-15-9-7-13(8-10-15)18-11-14(12-20)16-5-3-4-6-17(16)19-18;1-15-13-7-8-14(11-13)16-10-9-12-5-3-2-4-6-12/h3-12H,2H2,1H3;2-6,13-16H,7-11H2,1H3/t;13-,14+/m.1/s1. The van der Waals surface area contributed by atoms with Crippen LogP contribution in [-0.4, -0.2) is 43.6 Å². The quantitative estimate of drug-likeness (QED) is 0.276. The topological polar surface area (TPSA) is 63.2 Å². The Hall–Kier alpha value is -3.54. The molecule has 1 fully saturated rings. The second-order valence-electron chi connectivity index (χ2n) is 9.37. The number of carbonyl (C=O) groups excluding carboxylic acids is 1. The third-order valence-corrected chi connectivity index (χ3v) is 6.87. The van der Waals surface area contributed by atoms with Crippen LogP contribution >= 0.6 is 0 Å². The van der Waals surface area contributed by atoms with Crippen LogP contribution in [0.25, 0.3) is 22.2 Å². The molecule has 5 rings (SSSR count). The summed E-state index contributed by atoms with van der Waals surface area (Å²) in [6.45, 7) is 3.70. The molecule has 1 aliphatic carbocycles. The summed E-state index contributed by atoms with van der Waals surface area (Å²) in [5, 5.41) is 7.89. The summed E-state index contributed by atoms with van der Waals surface area (Å²) in [7, 11) is 2.07. The molecule has 0 saturated heterocycles. The largest absolute Gasteiger partial charge is 0.494 e. The van der Waals surface area contributed by atoms with Crippen LogP contribution in [0.1, 0.15) is 42.1 Å². The molecule has 37 heavy (non-hydrogen) atoms. The van der Waals surface area contributed by atoms with Crippen molar-refractivity contribution in [3.8, 4) is 17.0 Å². The van der Waals surface area contributed by atoms with Crippen LogP contribution in [0.2, 0.25) is 0 Å². The lowest BCUT2D eigenvalue weighted by Crippen LogP contribution is -2.31. The first-order chi connectivity index (χ1) is 18.2. The molecule has 1 aromatic heterocycles. The minimum Gasteiger partial charge on any atom is -0.494 e. The van der Waals surface area contributed by atoms with Gasteiger partial charge in [-0.2, -0.15) is 0 Å². The van der Waals surface area contributed by atoms with Gasteiger partial charge in [0.05, 0.1) is 17.8 Å². The maximum atomic E-state index is 11.3. The third-order valence-electron chi connectivity index (χ3n) is 6.87.